The molecular formula is C21H21N3O4S. The van der Waals surface area contributed by atoms with E-state index in [4.69, 9.17) is 0 Å². The van der Waals surface area contributed by atoms with E-state index >= 15 is 0 Å². The van der Waals surface area contributed by atoms with Crippen LogP contribution < -0.4 is 0 Å². The molecule has 0 saturated heterocycles. The van der Waals surface area contributed by atoms with E-state index in [0.29, 0.717) is 16.2 Å². The van der Waals surface area contributed by atoms with Gasteiger partial charge in [-0.05, 0) is 41.0 Å². The number of nitrogens with zero attached hydrogens (tertiary/aromatic N) is 3. The van der Waals surface area contributed by atoms with Crippen molar-refractivity contribution < 1.29 is 18.4 Å². The molecule has 0 saturated carbocycles. The molecule has 0 unspecified atom stereocenters. The highest BCUT2D eigenvalue weighted by atomic mass is 32.2. The molecule has 1 heterocycles. The van der Waals surface area contributed by atoms with E-state index in [1.165, 1.54) is 32.4 Å². The number of carbonyl (C=O) groups is 1. The molecule has 0 spiro atoms. The van der Waals surface area contributed by atoms with Crippen molar-refractivity contribution in [2.75, 3.05) is 14.1 Å². The summed E-state index contributed by atoms with van der Waals surface area (Å²) in [5.41, 5.74) is 2.08. The van der Waals surface area contributed by atoms with Gasteiger partial charge in [0.15, 0.2) is 0 Å². The summed E-state index contributed by atoms with van der Waals surface area (Å²) < 4.78 is 25.9. The number of rotatable bonds is 6. The summed E-state index contributed by atoms with van der Waals surface area (Å²) in [6, 6.07) is 18.7. The van der Waals surface area contributed by atoms with E-state index in [1.807, 2.05) is 18.2 Å². The van der Waals surface area contributed by atoms with Crippen LogP contribution in [0, 0.1) is 0 Å². The Balaban J connectivity index is 1.87. The van der Waals surface area contributed by atoms with Gasteiger partial charge in [-0.1, -0.05) is 42.5 Å². The van der Waals surface area contributed by atoms with Crippen molar-refractivity contribution in [2.24, 2.45) is 0 Å². The molecule has 1 aromatic heterocycles. The van der Waals surface area contributed by atoms with Gasteiger partial charge in [-0.2, -0.15) is 0 Å². The Morgan fingerprint density at radius 3 is 2.34 bits per heavy atom. The molecule has 1 amide bonds. The molecule has 7 nitrogen and oxygen atoms in total. The summed E-state index contributed by atoms with van der Waals surface area (Å²) in [7, 11) is -0.647. The van der Waals surface area contributed by atoms with Gasteiger partial charge in [-0.3, -0.25) is 15.0 Å². The summed E-state index contributed by atoms with van der Waals surface area (Å²) in [6.07, 6.45) is 1.45. The predicted octanol–water partition coefficient (Wildman–Crippen LogP) is 3.03. The van der Waals surface area contributed by atoms with Crippen molar-refractivity contribution in [3.63, 3.8) is 0 Å². The lowest BCUT2D eigenvalue weighted by Gasteiger charge is -2.15. The highest BCUT2D eigenvalue weighted by molar-refractivity contribution is 7.89. The first-order chi connectivity index (χ1) is 13.8. The third-order valence-electron chi connectivity index (χ3n) is 4.33. The van der Waals surface area contributed by atoms with Crippen molar-refractivity contribution in [3.8, 4) is 11.1 Å². The second-order valence-corrected chi connectivity index (χ2v) is 8.75. The van der Waals surface area contributed by atoms with Crippen LogP contribution in [0.25, 0.3) is 11.1 Å². The highest BCUT2D eigenvalue weighted by Crippen LogP contribution is 2.24. The maximum atomic E-state index is 12.6. The van der Waals surface area contributed by atoms with Gasteiger partial charge in [0.05, 0.1) is 11.4 Å². The Bertz CT molecular complexity index is 1120. The molecule has 3 aromatic rings. The molecule has 0 radical (unpaired) electrons. The number of amides is 1. The van der Waals surface area contributed by atoms with Crippen LogP contribution >= 0.6 is 0 Å². The SMILES string of the molecule is CN(C)S(=O)(=O)c1cccc(-c2ccnc(C(=O)N(O)Cc3ccccc3)c2)c1. The fraction of sp³-hybridized carbons (Fsp3) is 0.143. The molecule has 0 aliphatic carbocycles. The van der Waals surface area contributed by atoms with Gasteiger partial charge in [0, 0.05) is 20.3 Å². The number of hydroxylamine groups is 2. The monoisotopic (exact) mass is 411 g/mol. The zero-order valence-corrected chi connectivity index (χ0v) is 16.9. The first-order valence-corrected chi connectivity index (χ1v) is 10.3. The minimum Gasteiger partial charge on any atom is -0.285 e. The molecule has 0 fully saturated rings. The first kappa shape index (κ1) is 20.7. The third-order valence-corrected chi connectivity index (χ3v) is 6.15. The van der Waals surface area contributed by atoms with E-state index in [9.17, 15) is 18.4 Å². The summed E-state index contributed by atoms with van der Waals surface area (Å²) in [6.45, 7) is 0.0299. The predicted molar refractivity (Wildman–Crippen MR) is 109 cm³/mol. The normalized spacial score (nSPS) is 11.4. The zero-order chi connectivity index (χ0) is 21.0. The lowest BCUT2D eigenvalue weighted by atomic mass is 10.1. The van der Waals surface area contributed by atoms with Crippen molar-refractivity contribution >= 4 is 15.9 Å². The lowest BCUT2D eigenvalue weighted by molar-refractivity contribution is -0.0652. The maximum Gasteiger partial charge on any atom is 0.296 e. The Labute approximate surface area is 169 Å². The standard InChI is InChI=1S/C21H21N3O4S/c1-23(2)29(27,28)19-10-6-9-17(13-19)18-11-12-22-20(14-18)21(25)24(26)15-16-7-4-3-5-8-16/h3-14,26H,15H2,1-2H3. The van der Waals surface area contributed by atoms with Gasteiger partial charge in [-0.25, -0.2) is 17.8 Å². The van der Waals surface area contributed by atoms with Crippen molar-refractivity contribution in [3.05, 3.63) is 84.2 Å². The smallest absolute Gasteiger partial charge is 0.285 e. The number of carbonyl (C=O) groups excluding carboxylic acids is 1. The Morgan fingerprint density at radius 1 is 0.966 bits per heavy atom. The Morgan fingerprint density at radius 2 is 1.66 bits per heavy atom. The number of hydrogen-bond donors (Lipinski definition) is 1. The van der Waals surface area contributed by atoms with Crippen LogP contribution in [-0.4, -0.2) is 48.0 Å². The number of aromatic nitrogens is 1. The Hall–Kier alpha value is -3.07. The van der Waals surface area contributed by atoms with Gasteiger partial charge in [0.2, 0.25) is 10.0 Å². The van der Waals surface area contributed by atoms with Gasteiger partial charge in [0.1, 0.15) is 5.69 Å². The third kappa shape index (κ3) is 4.68. The molecule has 0 aliphatic heterocycles. The lowest BCUT2D eigenvalue weighted by Crippen LogP contribution is -2.27. The summed E-state index contributed by atoms with van der Waals surface area (Å²) in [4.78, 5) is 16.8. The van der Waals surface area contributed by atoms with Crippen LogP contribution in [0.1, 0.15) is 16.1 Å². The second kappa shape index (κ2) is 8.52. The van der Waals surface area contributed by atoms with Crippen LogP contribution in [0.3, 0.4) is 0 Å². The minimum atomic E-state index is -3.58. The topological polar surface area (TPSA) is 90.8 Å². The molecule has 0 aliphatic rings. The van der Waals surface area contributed by atoms with Crippen LogP contribution in [0.5, 0.6) is 0 Å². The average molecular weight is 411 g/mol. The van der Waals surface area contributed by atoms with E-state index in [2.05, 4.69) is 4.98 Å². The maximum absolute atomic E-state index is 12.6. The minimum absolute atomic E-state index is 0.0299. The fourth-order valence-corrected chi connectivity index (χ4v) is 3.68. The molecule has 0 atom stereocenters. The number of sulfonamides is 1. The second-order valence-electron chi connectivity index (χ2n) is 6.59. The molecule has 3 rings (SSSR count). The van der Waals surface area contributed by atoms with Gasteiger partial charge >= 0.3 is 0 Å². The zero-order valence-electron chi connectivity index (χ0n) is 16.1. The number of benzene rings is 2. The van der Waals surface area contributed by atoms with Gasteiger partial charge < -0.3 is 0 Å². The summed E-state index contributed by atoms with van der Waals surface area (Å²) >= 11 is 0. The van der Waals surface area contributed by atoms with Gasteiger partial charge in [0.25, 0.3) is 5.91 Å². The van der Waals surface area contributed by atoms with Crippen molar-refractivity contribution in [2.45, 2.75) is 11.4 Å². The van der Waals surface area contributed by atoms with E-state index in [0.717, 1.165) is 9.87 Å². The van der Waals surface area contributed by atoms with Crippen molar-refractivity contribution in [1.29, 1.82) is 0 Å². The Kier molecular flexibility index (Phi) is 6.07. The van der Waals surface area contributed by atoms with Crippen LogP contribution in [0.4, 0.5) is 0 Å². The molecule has 150 valence electrons. The van der Waals surface area contributed by atoms with E-state index < -0.39 is 15.9 Å². The fourth-order valence-electron chi connectivity index (χ4n) is 2.73. The number of pyridine rings is 1. The average Bonchev–Trinajstić information content (AvgIpc) is 2.74. The molecule has 29 heavy (non-hydrogen) atoms. The van der Waals surface area contributed by atoms with Crippen LogP contribution in [0.2, 0.25) is 0 Å². The summed E-state index contributed by atoms with van der Waals surface area (Å²) in [5.74, 6) is -0.646. The molecule has 0 bridgehead atoms. The first-order valence-electron chi connectivity index (χ1n) is 8.83. The van der Waals surface area contributed by atoms with Crippen LogP contribution in [-0.2, 0) is 16.6 Å². The highest BCUT2D eigenvalue weighted by Gasteiger charge is 2.19. The molecule has 1 N–H and O–H groups in total. The number of hydrogen-bond acceptors (Lipinski definition) is 5. The summed E-state index contributed by atoms with van der Waals surface area (Å²) in [5, 5.41) is 10.8. The van der Waals surface area contributed by atoms with E-state index in [-0.39, 0.29) is 17.1 Å². The molecule has 2 aromatic carbocycles. The largest absolute Gasteiger partial charge is 0.296 e. The quantitative estimate of drug-likeness (QED) is 0.497. The molecular weight excluding hydrogens is 390 g/mol. The van der Waals surface area contributed by atoms with Gasteiger partial charge in [-0.15, -0.1) is 0 Å². The molecule has 8 heteroatoms. The van der Waals surface area contributed by atoms with Crippen molar-refractivity contribution in [1.82, 2.24) is 14.4 Å². The van der Waals surface area contributed by atoms with E-state index in [1.54, 1.807) is 36.4 Å². The van der Waals surface area contributed by atoms with Crippen LogP contribution in [0.15, 0.2) is 77.8 Å².